The highest BCUT2D eigenvalue weighted by Crippen LogP contribution is 2.24. The van der Waals surface area contributed by atoms with E-state index in [4.69, 9.17) is 13.9 Å². The van der Waals surface area contributed by atoms with Gasteiger partial charge in [0, 0.05) is 19.1 Å². The summed E-state index contributed by atoms with van der Waals surface area (Å²) in [6, 6.07) is 8.46. The largest absolute Gasteiger partial charge is 0.497 e. The number of amides is 2. The van der Waals surface area contributed by atoms with Crippen LogP contribution < -0.4 is 14.8 Å². The molecule has 1 saturated heterocycles. The molecule has 2 aromatic rings. The van der Waals surface area contributed by atoms with Crippen LogP contribution in [-0.4, -0.2) is 50.1 Å². The van der Waals surface area contributed by atoms with Crippen molar-refractivity contribution in [2.75, 3.05) is 27.3 Å². The molecule has 2 heterocycles. The quantitative estimate of drug-likeness (QED) is 0.887. The average Bonchev–Trinajstić information content (AvgIpc) is 3.22. The lowest BCUT2D eigenvalue weighted by Gasteiger charge is -2.32. The van der Waals surface area contributed by atoms with Crippen molar-refractivity contribution in [2.24, 2.45) is 0 Å². The molecule has 1 aromatic carbocycles. The molecule has 1 N–H and O–H groups in total. The number of carbonyl (C=O) groups excluding carboxylic acids is 2. The first-order valence-corrected chi connectivity index (χ1v) is 8.48. The average molecular weight is 358 g/mol. The van der Waals surface area contributed by atoms with Gasteiger partial charge < -0.3 is 24.1 Å². The smallest absolute Gasteiger partial charge is 0.289 e. The molecule has 1 aromatic heterocycles. The maximum absolute atomic E-state index is 12.6. The molecule has 138 valence electrons. The molecule has 3 rings (SSSR count). The topological polar surface area (TPSA) is 81.0 Å². The maximum Gasteiger partial charge on any atom is 0.289 e. The van der Waals surface area contributed by atoms with E-state index in [-0.39, 0.29) is 17.9 Å². The Labute approximate surface area is 151 Å². The minimum Gasteiger partial charge on any atom is -0.497 e. The van der Waals surface area contributed by atoms with Gasteiger partial charge in [-0.3, -0.25) is 9.59 Å². The van der Waals surface area contributed by atoms with Crippen LogP contribution in [0.4, 0.5) is 0 Å². The van der Waals surface area contributed by atoms with Crippen molar-refractivity contribution in [3.63, 3.8) is 0 Å². The number of furan rings is 1. The van der Waals surface area contributed by atoms with Gasteiger partial charge in [0.2, 0.25) is 0 Å². The van der Waals surface area contributed by atoms with Crippen LogP contribution in [0.5, 0.6) is 11.5 Å². The molecule has 0 aliphatic carbocycles. The van der Waals surface area contributed by atoms with Gasteiger partial charge in [-0.25, -0.2) is 0 Å². The summed E-state index contributed by atoms with van der Waals surface area (Å²) in [7, 11) is 3.08. The molecule has 1 aliphatic heterocycles. The van der Waals surface area contributed by atoms with Crippen LogP contribution in [-0.2, 0) is 0 Å². The molecule has 0 unspecified atom stereocenters. The van der Waals surface area contributed by atoms with E-state index in [1.807, 2.05) is 0 Å². The van der Waals surface area contributed by atoms with Crippen molar-refractivity contribution >= 4 is 11.8 Å². The third-order valence-corrected chi connectivity index (χ3v) is 4.50. The first kappa shape index (κ1) is 17.8. The van der Waals surface area contributed by atoms with Crippen LogP contribution >= 0.6 is 0 Å². The summed E-state index contributed by atoms with van der Waals surface area (Å²) in [5.74, 6) is 1.10. The van der Waals surface area contributed by atoms with Crippen LogP contribution in [0.3, 0.4) is 0 Å². The summed E-state index contributed by atoms with van der Waals surface area (Å²) >= 11 is 0. The number of piperidine rings is 1. The zero-order valence-electron chi connectivity index (χ0n) is 14.9. The molecule has 1 aliphatic rings. The molecule has 0 atom stereocenters. The minimum atomic E-state index is -0.212. The van der Waals surface area contributed by atoms with Crippen molar-refractivity contribution in [3.05, 3.63) is 47.9 Å². The first-order chi connectivity index (χ1) is 12.6. The van der Waals surface area contributed by atoms with Crippen LogP contribution in [0.15, 0.2) is 41.0 Å². The molecule has 7 heteroatoms. The fraction of sp³-hybridized carbons (Fsp3) is 0.368. The zero-order chi connectivity index (χ0) is 18.5. The summed E-state index contributed by atoms with van der Waals surface area (Å²) in [6.07, 6.45) is 2.86. The summed E-state index contributed by atoms with van der Waals surface area (Å²) in [4.78, 5) is 26.6. The van der Waals surface area contributed by atoms with Gasteiger partial charge in [0.25, 0.3) is 11.8 Å². The number of hydrogen-bond donors (Lipinski definition) is 1. The molecule has 7 nitrogen and oxygen atoms in total. The van der Waals surface area contributed by atoms with Crippen molar-refractivity contribution in [2.45, 2.75) is 18.9 Å². The van der Waals surface area contributed by atoms with Gasteiger partial charge in [0.05, 0.1) is 26.0 Å². The van der Waals surface area contributed by atoms with Gasteiger partial charge >= 0.3 is 0 Å². The highest BCUT2D eigenvalue weighted by atomic mass is 16.5. The van der Waals surface area contributed by atoms with Crippen LogP contribution in [0.25, 0.3) is 0 Å². The summed E-state index contributed by atoms with van der Waals surface area (Å²) in [6.45, 7) is 1.14. The molecular weight excluding hydrogens is 336 g/mol. The molecule has 0 radical (unpaired) electrons. The molecule has 26 heavy (non-hydrogen) atoms. The van der Waals surface area contributed by atoms with Crippen molar-refractivity contribution in [3.8, 4) is 11.5 Å². The van der Waals surface area contributed by atoms with Gasteiger partial charge in [0.15, 0.2) is 5.76 Å². The number of benzene rings is 1. The van der Waals surface area contributed by atoms with E-state index < -0.39 is 0 Å². The lowest BCUT2D eigenvalue weighted by molar-refractivity contribution is 0.0667. The number of nitrogens with zero attached hydrogens (tertiary/aromatic N) is 1. The van der Waals surface area contributed by atoms with E-state index >= 15 is 0 Å². The summed E-state index contributed by atoms with van der Waals surface area (Å²) < 4.78 is 15.6. The monoisotopic (exact) mass is 358 g/mol. The second-order valence-electron chi connectivity index (χ2n) is 6.08. The number of methoxy groups -OCH3 is 2. The maximum atomic E-state index is 12.6. The highest BCUT2D eigenvalue weighted by molar-refractivity contribution is 5.97. The predicted octanol–water partition coefficient (Wildman–Crippen LogP) is 2.33. The lowest BCUT2D eigenvalue weighted by Crippen LogP contribution is -2.46. The normalized spacial score (nSPS) is 14.8. The summed E-state index contributed by atoms with van der Waals surface area (Å²) in [5, 5.41) is 3.02. The van der Waals surface area contributed by atoms with Gasteiger partial charge in [-0.15, -0.1) is 0 Å². The number of likely N-dealkylation sites (tertiary alicyclic amines) is 1. The van der Waals surface area contributed by atoms with E-state index in [1.54, 1.807) is 42.3 Å². The molecule has 0 saturated carbocycles. The van der Waals surface area contributed by atoms with Gasteiger partial charge in [-0.05, 0) is 43.2 Å². The van der Waals surface area contributed by atoms with Gasteiger partial charge in [-0.1, -0.05) is 0 Å². The molecular formula is C19H22N2O5. The van der Waals surface area contributed by atoms with Gasteiger partial charge in [-0.2, -0.15) is 0 Å². The second-order valence-corrected chi connectivity index (χ2v) is 6.08. The first-order valence-electron chi connectivity index (χ1n) is 8.48. The Morgan fingerprint density at radius 1 is 1.15 bits per heavy atom. The predicted molar refractivity (Wildman–Crippen MR) is 94.6 cm³/mol. The Bertz CT molecular complexity index is 764. The second kappa shape index (κ2) is 7.95. The SMILES string of the molecule is COc1ccc(OC)c(C(=O)NC2CCN(C(=O)c3ccco3)CC2)c1. The molecule has 0 spiro atoms. The fourth-order valence-electron chi connectivity index (χ4n) is 3.04. The lowest BCUT2D eigenvalue weighted by atomic mass is 10.0. The summed E-state index contributed by atoms with van der Waals surface area (Å²) in [5.41, 5.74) is 0.431. The molecule has 2 amide bonds. The van der Waals surface area contributed by atoms with Crippen LogP contribution in [0.1, 0.15) is 33.8 Å². The van der Waals surface area contributed by atoms with E-state index in [9.17, 15) is 9.59 Å². The number of rotatable bonds is 5. The van der Waals surface area contributed by atoms with E-state index in [0.717, 1.165) is 0 Å². The number of carbonyl (C=O) groups is 2. The Balaban J connectivity index is 1.59. The number of hydrogen-bond acceptors (Lipinski definition) is 5. The van der Waals surface area contributed by atoms with Crippen molar-refractivity contribution in [1.82, 2.24) is 10.2 Å². The standard InChI is InChI=1S/C19H22N2O5/c1-24-14-5-6-16(25-2)15(12-14)18(22)20-13-7-9-21(10-8-13)19(23)17-4-3-11-26-17/h3-6,11-13H,7-10H2,1-2H3,(H,20,22). The molecule has 0 bridgehead atoms. The highest BCUT2D eigenvalue weighted by Gasteiger charge is 2.26. The Hall–Kier alpha value is -2.96. The van der Waals surface area contributed by atoms with E-state index in [0.29, 0.717) is 48.8 Å². The number of ether oxygens (including phenoxy) is 2. The van der Waals surface area contributed by atoms with Crippen molar-refractivity contribution in [1.29, 1.82) is 0 Å². The Morgan fingerprint density at radius 2 is 1.92 bits per heavy atom. The van der Waals surface area contributed by atoms with E-state index in [1.165, 1.54) is 13.4 Å². The van der Waals surface area contributed by atoms with E-state index in [2.05, 4.69) is 5.32 Å². The van der Waals surface area contributed by atoms with Crippen LogP contribution in [0, 0.1) is 0 Å². The van der Waals surface area contributed by atoms with Crippen molar-refractivity contribution < 1.29 is 23.5 Å². The van der Waals surface area contributed by atoms with Gasteiger partial charge in [0.1, 0.15) is 11.5 Å². The van der Waals surface area contributed by atoms with Crippen LogP contribution in [0.2, 0.25) is 0 Å². The Morgan fingerprint density at radius 3 is 2.54 bits per heavy atom. The minimum absolute atomic E-state index is 0.000872. The number of nitrogens with one attached hydrogen (secondary N) is 1. The zero-order valence-corrected chi connectivity index (χ0v) is 14.9. The third-order valence-electron chi connectivity index (χ3n) is 4.50. The Kier molecular flexibility index (Phi) is 5.46. The molecule has 1 fully saturated rings. The third kappa shape index (κ3) is 3.82. The fourth-order valence-corrected chi connectivity index (χ4v) is 3.04.